The summed E-state index contributed by atoms with van der Waals surface area (Å²) in [4.78, 5) is 41.0. The Bertz CT molecular complexity index is 1110. The third kappa shape index (κ3) is 3.64. The number of nitrogens with one attached hydrogen (secondary N) is 2. The predicted molar refractivity (Wildman–Crippen MR) is 106 cm³/mol. The van der Waals surface area contributed by atoms with Crippen molar-refractivity contribution in [1.82, 2.24) is 14.9 Å². The van der Waals surface area contributed by atoms with E-state index in [9.17, 15) is 14.4 Å². The molecule has 0 radical (unpaired) electrons. The van der Waals surface area contributed by atoms with Gasteiger partial charge in [-0.05, 0) is 30.2 Å². The van der Waals surface area contributed by atoms with Gasteiger partial charge in [-0.15, -0.1) is 0 Å². The van der Waals surface area contributed by atoms with Crippen LogP contribution in [0.25, 0.3) is 10.9 Å². The van der Waals surface area contributed by atoms with Gasteiger partial charge >= 0.3 is 0 Å². The molecule has 28 heavy (non-hydrogen) atoms. The van der Waals surface area contributed by atoms with Gasteiger partial charge in [0, 0.05) is 18.7 Å². The molecular formula is C21H20N4O3. The number of aryl methyl sites for hydroxylation is 1. The van der Waals surface area contributed by atoms with Crippen molar-refractivity contribution in [3.05, 3.63) is 70.8 Å². The van der Waals surface area contributed by atoms with Crippen LogP contribution in [0.1, 0.15) is 30.9 Å². The molecule has 2 amide bonds. The summed E-state index contributed by atoms with van der Waals surface area (Å²) in [5, 5.41) is 6.32. The lowest BCUT2D eigenvalue weighted by atomic mass is 9.97. The maximum absolute atomic E-state index is 12.5. The number of anilines is 1. The van der Waals surface area contributed by atoms with E-state index in [1.54, 1.807) is 18.2 Å². The molecule has 2 N–H and O–H groups in total. The smallest absolute Gasteiger partial charge is 0.261 e. The molecular weight excluding hydrogens is 356 g/mol. The second-order valence-electron chi connectivity index (χ2n) is 6.82. The highest BCUT2D eigenvalue weighted by molar-refractivity contribution is 5.95. The molecule has 0 aliphatic carbocycles. The molecule has 1 aliphatic heterocycles. The highest BCUT2D eigenvalue weighted by atomic mass is 16.2. The Morgan fingerprint density at radius 2 is 1.93 bits per heavy atom. The largest absolute Gasteiger partial charge is 0.349 e. The Balaban J connectivity index is 1.38. The molecule has 0 fully saturated rings. The lowest BCUT2D eigenvalue weighted by Crippen LogP contribution is -2.35. The Morgan fingerprint density at radius 3 is 2.82 bits per heavy atom. The maximum atomic E-state index is 12.5. The summed E-state index contributed by atoms with van der Waals surface area (Å²) < 4.78 is 1.53. The fourth-order valence-corrected chi connectivity index (χ4v) is 3.48. The van der Waals surface area contributed by atoms with Crippen LogP contribution in [0.2, 0.25) is 0 Å². The molecule has 1 unspecified atom stereocenters. The van der Waals surface area contributed by atoms with Crippen LogP contribution < -0.4 is 16.2 Å². The molecule has 3 aromatic rings. The normalized spacial score (nSPS) is 15.7. The van der Waals surface area contributed by atoms with Crippen molar-refractivity contribution < 1.29 is 9.59 Å². The van der Waals surface area contributed by atoms with E-state index in [1.807, 2.05) is 30.3 Å². The van der Waals surface area contributed by atoms with Gasteiger partial charge in [-0.3, -0.25) is 19.0 Å². The van der Waals surface area contributed by atoms with E-state index in [0.717, 1.165) is 11.3 Å². The van der Waals surface area contributed by atoms with Crippen molar-refractivity contribution in [2.75, 3.05) is 5.32 Å². The van der Waals surface area contributed by atoms with Gasteiger partial charge in [-0.25, -0.2) is 4.98 Å². The molecule has 2 heterocycles. The van der Waals surface area contributed by atoms with Crippen molar-refractivity contribution in [3.63, 3.8) is 0 Å². The number of rotatable bonds is 5. The van der Waals surface area contributed by atoms with Crippen LogP contribution in [-0.2, 0) is 16.1 Å². The Labute approximate surface area is 161 Å². The molecule has 7 heteroatoms. The van der Waals surface area contributed by atoms with Crippen molar-refractivity contribution in [2.24, 2.45) is 0 Å². The third-order valence-corrected chi connectivity index (χ3v) is 4.87. The quantitative estimate of drug-likeness (QED) is 0.715. The van der Waals surface area contributed by atoms with Gasteiger partial charge in [0.1, 0.15) is 0 Å². The van der Waals surface area contributed by atoms with Crippen molar-refractivity contribution in [1.29, 1.82) is 0 Å². The van der Waals surface area contributed by atoms with Gasteiger partial charge in [0.05, 0.1) is 29.7 Å². The molecule has 0 saturated heterocycles. The number of hydrogen-bond donors (Lipinski definition) is 2. The monoisotopic (exact) mass is 376 g/mol. The number of fused-ring (bicyclic) bond motifs is 2. The average molecular weight is 376 g/mol. The average Bonchev–Trinajstić information content (AvgIpc) is 2.70. The van der Waals surface area contributed by atoms with Gasteiger partial charge in [0.15, 0.2) is 0 Å². The number of nitrogens with zero attached hydrogens (tertiary/aromatic N) is 2. The second-order valence-corrected chi connectivity index (χ2v) is 6.82. The van der Waals surface area contributed by atoms with E-state index in [0.29, 0.717) is 23.9 Å². The SMILES string of the molecule is O=C1CC(NC(=O)CCCn2cnc3ccccc3c2=O)c2ccccc2N1. The van der Waals surface area contributed by atoms with Crippen molar-refractivity contribution in [3.8, 4) is 0 Å². The number of hydrogen-bond acceptors (Lipinski definition) is 4. The second kappa shape index (κ2) is 7.64. The first-order chi connectivity index (χ1) is 13.6. The number of para-hydroxylation sites is 2. The summed E-state index contributed by atoms with van der Waals surface area (Å²) in [6, 6.07) is 14.3. The number of aromatic nitrogens is 2. The maximum Gasteiger partial charge on any atom is 0.261 e. The Hall–Kier alpha value is -3.48. The zero-order valence-corrected chi connectivity index (χ0v) is 15.2. The van der Waals surface area contributed by atoms with E-state index < -0.39 is 0 Å². The van der Waals surface area contributed by atoms with Gasteiger partial charge in [-0.2, -0.15) is 0 Å². The third-order valence-electron chi connectivity index (χ3n) is 4.87. The Kier molecular flexibility index (Phi) is 4.89. The molecule has 0 saturated carbocycles. The summed E-state index contributed by atoms with van der Waals surface area (Å²) in [6.07, 6.45) is 2.51. The van der Waals surface area contributed by atoms with E-state index in [2.05, 4.69) is 15.6 Å². The van der Waals surface area contributed by atoms with Gasteiger partial charge in [0.25, 0.3) is 5.56 Å². The number of amides is 2. The highest BCUT2D eigenvalue weighted by Gasteiger charge is 2.25. The Morgan fingerprint density at radius 1 is 1.14 bits per heavy atom. The zero-order chi connectivity index (χ0) is 19.5. The summed E-state index contributed by atoms with van der Waals surface area (Å²) in [6.45, 7) is 0.409. The summed E-state index contributed by atoms with van der Waals surface area (Å²) in [5.74, 6) is -0.255. The molecule has 2 aromatic carbocycles. The predicted octanol–water partition coefficient (Wildman–Crippen LogP) is 2.38. The van der Waals surface area contributed by atoms with Crippen LogP contribution in [0.15, 0.2) is 59.7 Å². The molecule has 1 aliphatic rings. The lowest BCUT2D eigenvalue weighted by Gasteiger charge is -2.26. The van der Waals surface area contributed by atoms with Crippen LogP contribution in [0, 0.1) is 0 Å². The first-order valence-corrected chi connectivity index (χ1v) is 9.24. The molecule has 1 atom stereocenters. The highest BCUT2D eigenvalue weighted by Crippen LogP contribution is 2.29. The van der Waals surface area contributed by atoms with Gasteiger partial charge < -0.3 is 10.6 Å². The van der Waals surface area contributed by atoms with Gasteiger partial charge in [-0.1, -0.05) is 30.3 Å². The van der Waals surface area contributed by atoms with Crippen LogP contribution in [0.3, 0.4) is 0 Å². The molecule has 7 nitrogen and oxygen atoms in total. The summed E-state index contributed by atoms with van der Waals surface area (Å²) in [5.41, 5.74) is 2.20. The van der Waals surface area contributed by atoms with E-state index in [1.165, 1.54) is 10.9 Å². The minimum atomic E-state index is -0.331. The first kappa shape index (κ1) is 17.9. The summed E-state index contributed by atoms with van der Waals surface area (Å²) in [7, 11) is 0. The zero-order valence-electron chi connectivity index (χ0n) is 15.2. The van der Waals surface area contributed by atoms with E-state index >= 15 is 0 Å². The van der Waals surface area contributed by atoms with E-state index in [4.69, 9.17) is 0 Å². The molecule has 4 rings (SSSR count). The van der Waals surface area contributed by atoms with Crippen molar-refractivity contribution in [2.45, 2.75) is 31.8 Å². The lowest BCUT2D eigenvalue weighted by molar-refractivity contribution is -0.122. The number of carbonyl (C=O) groups excluding carboxylic acids is 2. The fraction of sp³-hybridized carbons (Fsp3) is 0.238. The number of carbonyl (C=O) groups is 2. The molecule has 0 spiro atoms. The van der Waals surface area contributed by atoms with Crippen LogP contribution in [0.5, 0.6) is 0 Å². The molecule has 0 bridgehead atoms. The van der Waals surface area contributed by atoms with Crippen LogP contribution in [-0.4, -0.2) is 21.4 Å². The molecule has 142 valence electrons. The minimum absolute atomic E-state index is 0.108. The fourth-order valence-electron chi connectivity index (χ4n) is 3.48. The summed E-state index contributed by atoms with van der Waals surface area (Å²) >= 11 is 0. The van der Waals surface area contributed by atoms with Crippen LogP contribution in [0.4, 0.5) is 5.69 Å². The topological polar surface area (TPSA) is 93.1 Å². The molecule has 1 aromatic heterocycles. The van der Waals surface area contributed by atoms with Gasteiger partial charge in [0.2, 0.25) is 11.8 Å². The van der Waals surface area contributed by atoms with Crippen LogP contribution >= 0.6 is 0 Å². The first-order valence-electron chi connectivity index (χ1n) is 9.24. The minimum Gasteiger partial charge on any atom is -0.349 e. The van der Waals surface area contributed by atoms with Crippen molar-refractivity contribution >= 4 is 28.4 Å². The standard InChI is InChI=1S/C21H20N4O3/c26-19(24-18-12-20(27)23-17-9-4-1-6-14(17)18)10-5-11-25-13-22-16-8-3-2-7-15(16)21(25)28/h1-4,6-9,13,18H,5,10-12H2,(H,23,27)(H,24,26). The van der Waals surface area contributed by atoms with E-state index in [-0.39, 0.29) is 36.3 Å². The number of benzene rings is 2.